The number of para-hydroxylation sites is 1. The number of aromatic nitrogens is 2. The van der Waals surface area contributed by atoms with Crippen molar-refractivity contribution in [2.45, 2.75) is 19.8 Å². The summed E-state index contributed by atoms with van der Waals surface area (Å²) in [4.78, 5) is 11.6. The van der Waals surface area contributed by atoms with Crippen LogP contribution in [0.5, 0.6) is 23.0 Å². The minimum Gasteiger partial charge on any atom is -0.493 e. The molecule has 0 aliphatic carbocycles. The summed E-state index contributed by atoms with van der Waals surface area (Å²) in [5.74, 6) is 3.45. The molecule has 5 rings (SSSR count). The van der Waals surface area contributed by atoms with Crippen LogP contribution in [-0.2, 0) is 0 Å². The summed E-state index contributed by atoms with van der Waals surface area (Å²) in [5, 5.41) is 3.23. The molecule has 9 heteroatoms. The van der Waals surface area contributed by atoms with Gasteiger partial charge in [-0.1, -0.05) is 6.07 Å². The zero-order valence-corrected chi connectivity index (χ0v) is 19.5. The summed E-state index contributed by atoms with van der Waals surface area (Å²) in [6.07, 6.45) is 2.54. The first-order valence-electron chi connectivity index (χ1n) is 11.5. The van der Waals surface area contributed by atoms with Gasteiger partial charge in [-0.3, -0.25) is 4.90 Å². The average Bonchev–Trinajstić information content (AvgIpc) is 3.54. The molecule has 9 nitrogen and oxygen atoms in total. The lowest BCUT2D eigenvalue weighted by molar-refractivity contribution is 0.174. The zero-order valence-electron chi connectivity index (χ0n) is 19.5. The Morgan fingerprint density at radius 3 is 2.76 bits per heavy atom. The molecule has 1 aromatic heterocycles. The SMILES string of the molecule is COc1cc(Nc2nc(N)c(C)c(-c3cccc4c3OCO4)n2)ccc1OCCN1CCCC1. The van der Waals surface area contributed by atoms with Crippen LogP contribution in [0.15, 0.2) is 36.4 Å². The van der Waals surface area contributed by atoms with Gasteiger partial charge in [0.2, 0.25) is 12.7 Å². The fraction of sp³-hybridized carbons (Fsp3) is 0.360. The molecule has 0 saturated carbocycles. The van der Waals surface area contributed by atoms with Gasteiger partial charge in [0.1, 0.15) is 12.4 Å². The van der Waals surface area contributed by atoms with Crippen LogP contribution in [0.1, 0.15) is 18.4 Å². The van der Waals surface area contributed by atoms with E-state index in [4.69, 9.17) is 29.7 Å². The number of nitrogen functional groups attached to an aromatic ring is 1. The highest BCUT2D eigenvalue weighted by atomic mass is 16.7. The molecule has 3 N–H and O–H groups in total. The average molecular weight is 464 g/mol. The highest BCUT2D eigenvalue weighted by Gasteiger charge is 2.22. The molecule has 0 radical (unpaired) electrons. The maximum Gasteiger partial charge on any atom is 0.231 e. The highest BCUT2D eigenvalue weighted by molar-refractivity contribution is 5.77. The fourth-order valence-electron chi connectivity index (χ4n) is 4.25. The third-order valence-corrected chi connectivity index (χ3v) is 6.12. The van der Waals surface area contributed by atoms with Crippen LogP contribution < -0.4 is 30.0 Å². The Morgan fingerprint density at radius 1 is 1.09 bits per heavy atom. The van der Waals surface area contributed by atoms with Crippen LogP contribution in [0.25, 0.3) is 11.3 Å². The van der Waals surface area contributed by atoms with Gasteiger partial charge in [-0.05, 0) is 57.1 Å². The van der Waals surface area contributed by atoms with Crippen LogP contribution in [-0.4, -0.2) is 55.0 Å². The largest absolute Gasteiger partial charge is 0.493 e. The summed E-state index contributed by atoms with van der Waals surface area (Å²) in [7, 11) is 1.63. The second kappa shape index (κ2) is 9.64. The van der Waals surface area contributed by atoms with E-state index >= 15 is 0 Å². The number of nitrogens with zero attached hydrogens (tertiary/aromatic N) is 3. The molecule has 0 unspecified atom stereocenters. The van der Waals surface area contributed by atoms with Gasteiger partial charge in [0.05, 0.1) is 12.8 Å². The first-order valence-corrected chi connectivity index (χ1v) is 11.5. The van der Waals surface area contributed by atoms with Gasteiger partial charge in [-0.2, -0.15) is 4.98 Å². The second-order valence-corrected chi connectivity index (χ2v) is 8.33. The summed E-state index contributed by atoms with van der Waals surface area (Å²) in [6.45, 7) is 5.91. The van der Waals surface area contributed by atoms with E-state index in [9.17, 15) is 0 Å². The molecule has 2 aromatic carbocycles. The predicted molar refractivity (Wildman–Crippen MR) is 130 cm³/mol. The third-order valence-electron chi connectivity index (χ3n) is 6.12. The van der Waals surface area contributed by atoms with Crippen molar-refractivity contribution in [2.75, 3.05) is 51.2 Å². The Labute approximate surface area is 198 Å². The van der Waals surface area contributed by atoms with Crippen molar-refractivity contribution < 1.29 is 18.9 Å². The van der Waals surface area contributed by atoms with Crippen LogP contribution in [0.3, 0.4) is 0 Å². The van der Waals surface area contributed by atoms with E-state index in [0.29, 0.717) is 47.1 Å². The van der Waals surface area contributed by atoms with Gasteiger partial charge in [0.25, 0.3) is 0 Å². The van der Waals surface area contributed by atoms with E-state index in [2.05, 4.69) is 15.2 Å². The molecular formula is C25H29N5O4. The van der Waals surface area contributed by atoms with Crippen molar-refractivity contribution in [2.24, 2.45) is 0 Å². The molecule has 34 heavy (non-hydrogen) atoms. The summed E-state index contributed by atoms with van der Waals surface area (Å²) in [5.41, 5.74) is 9.26. The van der Waals surface area contributed by atoms with E-state index in [1.54, 1.807) is 7.11 Å². The number of likely N-dealkylation sites (tertiary alicyclic amines) is 1. The number of methoxy groups -OCH3 is 1. The molecule has 0 atom stereocenters. The number of nitrogens with one attached hydrogen (secondary N) is 1. The Hall–Kier alpha value is -3.72. The molecule has 3 aromatic rings. The molecule has 2 aliphatic rings. The van der Waals surface area contributed by atoms with E-state index in [1.165, 1.54) is 12.8 Å². The van der Waals surface area contributed by atoms with Crippen molar-refractivity contribution in [3.05, 3.63) is 42.0 Å². The van der Waals surface area contributed by atoms with Crippen molar-refractivity contribution >= 4 is 17.5 Å². The molecule has 0 spiro atoms. The van der Waals surface area contributed by atoms with E-state index in [0.717, 1.165) is 36.4 Å². The molecule has 1 fully saturated rings. The fourth-order valence-corrected chi connectivity index (χ4v) is 4.25. The minimum atomic E-state index is 0.184. The second-order valence-electron chi connectivity index (χ2n) is 8.33. The lowest BCUT2D eigenvalue weighted by Crippen LogP contribution is -2.25. The number of rotatable bonds is 8. The Bertz CT molecular complexity index is 1180. The predicted octanol–water partition coefficient (Wildman–Crippen LogP) is 3.99. The van der Waals surface area contributed by atoms with Gasteiger partial charge in [0, 0.05) is 29.4 Å². The number of hydrogen-bond acceptors (Lipinski definition) is 9. The molecule has 1 saturated heterocycles. The smallest absolute Gasteiger partial charge is 0.231 e. The number of fused-ring (bicyclic) bond motifs is 1. The van der Waals surface area contributed by atoms with E-state index in [1.807, 2.05) is 43.3 Å². The van der Waals surface area contributed by atoms with Crippen molar-refractivity contribution in [3.8, 4) is 34.3 Å². The molecule has 3 heterocycles. The number of hydrogen-bond donors (Lipinski definition) is 2. The normalized spacial score (nSPS) is 14.9. The summed E-state index contributed by atoms with van der Waals surface area (Å²) < 4.78 is 22.7. The molecular weight excluding hydrogens is 434 g/mol. The van der Waals surface area contributed by atoms with Crippen molar-refractivity contribution in [3.63, 3.8) is 0 Å². The van der Waals surface area contributed by atoms with Gasteiger partial charge in [0.15, 0.2) is 23.0 Å². The quantitative estimate of drug-likeness (QED) is 0.513. The molecule has 2 aliphatic heterocycles. The molecule has 178 valence electrons. The van der Waals surface area contributed by atoms with Gasteiger partial charge >= 0.3 is 0 Å². The monoisotopic (exact) mass is 463 g/mol. The number of anilines is 3. The highest BCUT2D eigenvalue weighted by Crippen LogP contribution is 2.42. The number of nitrogens with two attached hydrogens (primary N) is 1. The van der Waals surface area contributed by atoms with Crippen LogP contribution in [0.4, 0.5) is 17.5 Å². The topological polar surface area (TPSA) is 104 Å². The molecule has 0 amide bonds. The Kier molecular flexibility index (Phi) is 6.27. The summed E-state index contributed by atoms with van der Waals surface area (Å²) >= 11 is 0. The minimum absolute atomic E-state index is 0.184. The first-order chi connectivity index (χ1) is 16.6. The van der Waals surface area contributed by atoms with Crippen LogP contribution in [0.2, 0.25) is 0 Å². The van der Waals surface area contributed by atoms with Gasteiger partial charge in [-0.15, -0.1) is 0 Å². The lowest BCUT2D eigenvalue weighted by atomic mass is 10.1. The van der Waals surface area contributed by atoms with Crippen LogP contribution in [0, 0.1) is 6.92 Å². The standard InChI is InChI=1S/C25H29N5O4/c1-16-22(18-6-5-7-20-23(18)34-15-33-20)28-25(29-24(16)26)27-17-8-9-19(21(14-17)31-2)32-13-12-30-10-3-4-11-30/h5-9,14H,3-4,10-13,15H2,1-2H3,(H3,26,27,28,29). The third kappa shape index (κ3) is 4.51. The van der Waals surface area contributed by atoms with Gasteiger partial charge in [-0.25, -0.2) is 4.98 Å². The Balaban J connectivity index is 1.35. The zero-order chi connectivity index (χ0) is 23.5. The molecule has 0 bridgehead atoms. The van der Waals surface area contributed by atoms with E-state index in [-0.39, 0.29) is 6.79 Å². The Morgan fingerprint density at radius 2 is 1.94 bits per heavy atom. The first kappa shape index (κ1) is 22.1. The van der Waals surface area contributed by atoms with E-state index < -0.39 is 0 Å². The van der Waals surface area contributed by atoms with Gasteiger partial charge < -0.3 is 30.0 Å². The maximum absolute atomic E-state index is 6.23. The van der Waals surface area contributed by atoms with Crippen molar-refractivity contribution in [1.29, 1.82) is 0 Å². The maximum atomic E-state index is 6.23. The lowest BCUT2D eigenvalue weighted by Gasteiger charge is -2.17. The van der Waals surface area contributed by atoms with Crippen LogP contribution >= 0.6 is 0 Å². The summed E-state index contributed by atoms with van der Waals surface area (Å²) in [6, 6.07) is 11.4. The van der Waals surface area contributed by atoms with Crippen molar-refractivity contribution in [1.82, 2.24) is 14.9 Å². The number of benzene rings is 2. The number of ether oxygens (including phenoxy) is 4.